The van der Waals surface area contributed by atoms with Crippen LogP contribution in [0.3, 0.4) is 0 Å². The topological polar surface area (TPSA) is 59.2 Å². The van der Waals surface area contributed by atoms with Crippen LogP contribution in [0.1, 0.15) is 31.1 Å². The van der Waals surface area contributed by atoms with Crippen LogP contribution in [0.2, 0.25) is 10.0 Å². The Kier molecular flexibility index (Phi) is 5.02. The summed E-state index contributed by atoms with van der Waals surface area (Å²) in [7, 11) is 0. The molecule has 0 amide bonds. The van der Waals surface area contributed by atoms with E-state index in [1.807, 2.05) is 19.9 Å². The lowest BCUT2D eigenvalue weighted by Gasteiger charge is -2.10. The van der Waals surface area contributed by atoms with Gasteiger partial charge in [-0.05, 0) is 23.6 Å². The number of hydrogen-bond acceptors (Lipinski definition) is 4. The van der Waals surface area contributed by atoms with Gasteiger partial charge in [0.25, 0.3) is 0 Å². The van der Waals surface area contributed by atoms with E-state index in [0.717, 1.165) is 5.56 Å². The van der Waals surface area contributed by atoms with E-state index in [1.165, 1.54) is 0 Å². The molecule has 2 rings (SSSR count). The minimum absolute atomic E-state index is 0.149. The molecule has 0 fully saturated rings. The van der Waals surface area contributed by atoms with Crippen molar-refractivity contribution in [2.45, 2.75) is 32.8 Å². The highest BCUT2D eigenvalue weighted by Gasteiger charge is 2.15. The maximum Gasteiger partial charge on any atom is 0.229 e. The zero-order valence-corrected chi connectivity index (χ0v) is 12.8. The molecule has 0 radical (unpaired) electrons. The number of nitrogens with zero attached hydrogens (tertiary/aromatic N) is 2. The van der Waals surface area contributed by atoms with Gasteiger partial charge in [0.05, 0.1) is 12.5 Å². The minimum Gasteiger partial charge on any atom is -0.392 e. The molecule has 0 aliphatic rings. The predicted octanol–water partition coefficient (Wildman–Crippen LogP) is 3.53. The average molecular weight is 315 g/mol. The van der Waals surface area contributed by atoms with Gasteiger partial charge in [-0.25, -0.2) is 0 Å². The summed E-state index contributed by atoms with van der Waals surface area (Å²) in [4.78, 5) is 4.26. The second kappa shape index (κ2) is 6.57. The molecule has 0 spiro atoms. The van der Waals surface area contributed by atoms with E-state index in [9.17, 15) is 5.11 Å². The lowest BCUT2D eigenvalue weighted by molar-refractivity contribution is 0.116. The maximum absolute atomic E-state index is 9.79. The van der Waals surface area contributed by atoms with E-state index in [-0.39, 0.29) is 5.92 Å². The summed E-state index contributed by atoms with van der Waals surface area (Å²) in [5, 5.41) is 14.9. The third-order valence-electron chi connectivity index (χ3n) is 3.03. The highest BCUT2D eigenvalue weighted by molar-refractivity contribution is 6.35. The largest absolute Gasteiger partial charge is 0.392 e. The SMILES string of the molecule is CC(C)C(O)Cc1nc(Cc2ccc(Cl)cc2Cl)no1. The van der Waals surface area contributed by atoms with Crippen molar-refractivity contribution in [3.05, 3.63) is 45.5 Å². The first-order valence-corrected chi connectivity index (χ1v) is 7.14. The second-order valence-electron chi connectivity index (χ2n) is 5.03. The first-order chi connectivity index (χ1) is 9.45. The third-order valence-corrected chi connectivity index (χ3v) is 3.61. The summed E-state index contributed by atoms with van der Waals surface area (Å²) < 4.78 is 5.13. The van der Waals surface area contributed by atoms with Gasteiger partial charge in [-0.1, -0.05) is 48.3 Å². The summed E-state index contributed by atoms with van der Waals surface area (Å²) in [6.07, 6.45) is 0.346. The van der Waals surface area contributed by atoms with Crippen LogP contribution in [0.5, 0.6) is 0 Å². The molecule has 0 aliphatic carbocycles. The maximum atomic E-state index is 9.79. The lowest BCUT2D eigenvalue weighted by atomic mass is 10.0. The summed E-state index contributed by atoms with van der Waals surface area (Å²) in [6, 6.07) is 5.29. The summed E-state index contributed by atoms with van der Waals surface area (Å²) in [5.74, 6) is 1.13. The quantitative estimate of drug-likeness (QED) is 0.917. The van der Waals surface area contributed by atoms with Crippen molar-refractivity contribution in [3.8, 4) is 0 Å². The Labute approximate surface area is 127 Å². The van der Waals surface area contributed by atoms with Crippen LogP contribution in [0.15, 0.2) is 22.7 Å². The van der Waals surface area contributed by atoms with Crippen molar-refractivity contribution in [1.29, 1.82) is 0 Å². The standard InChI is InChI=1S/C14H16Cl2N2O2/c1-8(2)12(19)7-14-17-13(18-20-14)5-9-3-4-10(15)6-11(9)16/h3-4,6,8,12,19H,5,7H2,1-2H3. The van der Waals surface area contributed by atoms with Gasteiger partial charge in [-0.2, -0.15) is 4.98 Å². The number of aliphatic hydroxyl groups is 1. The zero-order valence-electron chi connectivity index (χ0n) is 11.3. The zero-order chi connectivity index (χ0) is 14.7. The summed E-state index contributed by atoms with van der Waals surface area (Å²) in [6.45, 7) is 3.88. The Morgan fingerprint density at radius 1 is 1.30 bits per heavy atom. The van der Waals surface area contributed by atoms with Crippen LogP contribution in [-0.2, 0) is 12.8 Å². The van der Waals surface area contributed by atoms with Crippen LogP contribution in [-0.4, -0.2) is 21.4 Å². The van der Waals surface area contributed by atoms with Crippen molar-refractivity contribution < 1.29 is 9.63 Å². The van der Waals surface area contributed by atoms with Crippen molar-refractivity contribution in [2.24, 2.45) is 5.92 Å². The van der Waals surface area contributed by atoms with Gasteiger partial charge >= 0.3 is 0 Å². The van der Waals surface area contributed by atoms with Crippen molar-refractivity contribution >= 4 is 23.2 Å². The Hall–Kier alpha value is -1.10. The van der Waals surface area contributed by atoms with E-state index in [4.69, 9.17) is 27.7 Å². The fourth-order valence-corrected chi connectivity index (χ4v) is 2.17. The first kappa shape index (κ1) is 15.3. The Morgan fingerprint density at radius 2 is 2.05 bits per heavy atom. The van der Waals surface area contributed by atoms with Gasteiger partial charge in [-0.15, -0.1) is 0 Å². The van der Waals surface area contributed by atoms with Crippen molar-refractivity contribution in [1.82, 2.24) is 10.1 Å². The Balaban J connectivity index is 2.06. The number of hydrogen-bond donors (Lipinski definition) is 1. The molecule has 6 heteroatoms. The molecular formula is C14H16Cl2N2O2. The van der Waals surface area contributed by atoms with Gasteiger partial charge in [0.1, 0.15) is 0 Å². The van der Waals surface area contributed by atoms with E-state index in [2.05, 4.69) is 10.1 Å². The van der Waals surface area contributed by atoms with Gasteiger partial charge in [0.2, 0.25) is 5.89 Å². The normalized spacial score (nSPS) is 12.9. The lowest BCUT2D eigenvalue weighted by Crippen LogP contribution is -2.17. The molecule has 0 bridgehead atoms. The highest BCUT2D eigenvalue weighted by atomic mass is 35.5. The van der Waals surface area contributed by atoms with Crippen LogP contribution in [0.4, 0.5) is 0 Å². The highest BCUT2D eigenvalue weighted by Crippen LogP contribution is 2.22. The van der Waals surface area contributed by atoms with Crippen LogP contribution in [0.25, 0.3) is 0 Å². The van der Waals surface area contributed by atoms with E-state index >= 15 is 0 Å². The molecule has 20 heavy (non-hydrogen) atoms. The van der Waals surface area contributed by atoms with Crippen LogP contribution >= 0.6 is 23.2 Å². The third kappa shape index (κ3) is 3.95. The molecule has 0 saturated heterocycles. The second-order valence-corrected chi connectivity index (χ2v) is 5.88. The molecule has 108 valence electrons. The van der Waals surface area contributed by atoms with Crippen molar-refractivity contribution in [3.63, 3.8) is 0 Å². The molecule has 1 heterocycles. The van der Waals surface area contributed by atoms with Crippen LogP contribution < -0.4 is 0 Å². The molecule has 0 saturated carbocycles. The number of aromatic nitrogens is 2. The number of rotatable bonds is 5. The average Bonchev–Trinajstić information content (AvgIpc) is 2.80. The number of aliphatic hydroxyl groups excluding tert-OH is 1. The minimum atomic E-state index is -0.484. The van der Waals surface area contributed by atoms with Gasteiger partial charge in [0, 0.05) is 16.5 Å². The smallest absolute Gasteiger partial charge is 0.229 e. The van der Waals surface area contributed by atoms with E-state index in [1.54, 1.807) is 12.1 Å². The molecular weight excluding hydrogens is 299 g/mol. The predicted molar refractivity (Wildman–Crippen MR) is 78.1 cm³/mol. The monoisotopic (exact) mass is 314 g/mol. The van der Waals surface area contributed by atoms with Gasteiger partial charge in [-0.3, -0.25) is 0 Å². The molecule has 4 nitrogen and oxygen atoms in total. The van der Waals surface area contributed by atoms with Gasteiger partial charge in [0.15, 0.2) is 5.82 Å². The molecule has 1 N–H and O–H groups in total. The first-order valence-electron chi connectivity index (χ1n) is 6.39. The summed E-state index contributed by atoms with van der Waals surface area (Å²) in [5.41, 5.74) is 0.882. The molecule has 1 atom stereocenters. The molecule has 1 unspecified atom stereocenters. The Morgan fingerprint density at radius 3 is 2.70 bits per heavy atom. The summed E-state index contributed by atoms with van der Waals surface area (Å²) >= 11 is 12.0. The molecule has 0 aliphatic heterocycles. The van der Waals surface area contributed by atoms with E-state index < -0.39 is 6.10 Å². The van der Waals surface area contributed by atoms with Crippen molar-refractivity contribution in [2.75, 3.05) is 0 Å². The Bertz CT molecular complexity index is 584. The fraction of sp³-hybridized carbons (Fsp3) is 0.429. The number of benzene rings is 1. The molecule has 1 aromatic heterocycles. The van der Waals surface area contributed by atoms with E-state index in [0.29, 0.717) is 34.6 Å². The number of halogens is 2. The molecule has 2 aromatic rings. The molecule has 1 aromatic carbocycles. The van der Waals surface area contributed by atoms with Crippen LogP contribution in [0, 0.1) is 5.92 Å². The van der Waals surface area contributed by atoms with Gasteiger partial charge < -0.3 is 9.63 Å². The fourth-order valence-electron chi connectivity index (χ4n) is 1.69.